The maximum absolute atomic E-state index is 12.8. The SMILES string of the molecule is CC(O)CC1CCN(CCNC(=O)C(=O)c2cn(C(C)C)c3ccccc23)CC1. The van der Waals surface area contributed by atoms with Gasteiger partial charge in [0, 0.05) is 36.2 Å². The Morgan fingerprint density at radius 2 is 1.86 bits per heavy atom. The fourth-order valence-corrected chi connectivity index (χ4v) is 4.27. The van der Waals surface area contributed by atoms with Crippen molar-refractivity contribution in [3.63, 3.8) is 0 Å². The smallest absolute Gasteiger partial charge is 0.292 e. The molecule has 29 heavy (non-hydrogen) atoms. The lowest BCUT2D eigenvalue weighted by molar-refractivity contribution is -0.117. The van der Waals surface area contributed by atoms with Crippen molar-refractivity contribution in [1.82, 2.24) is 14.8 Å². The molecule has 2 aromatic rings. The van der Waals surface area contributed by atoms with Gasteiger partial charge < -0.3 is 19.9 Å². The molecule has 1 aromatic carbocycles. The highest BCUT2D eigenvalue weighted by Crippen LogP contribution is 2.25. The molecular weight excluding hydrogens is 366 g/mol. The molecule has 1 aromatic heterocycles. The summed E-state index contributed by atoms with van der Waals surface area (Å²) in [6.45, 7) is 9.13. The molecule has 1 unspecified atom stereocenters. The van der Waals surface area contributed by atoms with Crippen LogP contribution < -0.4 is 5.32 Å². The summed E-state index contributed by atoms with van der Waals surface area (Å²) in [6.07, 6.45) is 4.57. The summed E-state index contributed by atoms with van der Waals surface area (Å²) >= 11 is 0. The maximum Gasteiger partial charge on any atom is 0.292 e. The first-order valence-electron chi connectivity index (χ1n) is 10.7. The second kappa shape index (κ2) is 9.55. The van der Waals surface area contributed by atoms with Gasteiger partial charge in [0.2, 0.25) is 0 Å². The summed E-state index contributed by atoms with van der Waals surface area (Å²) in [7, 11) is 0. The van der Waals surface area contributed by atoms with Gasteiger partial charge in [-0.3, -0.25) is 9.59 Å². The molecule has 1 atom stereocenters. The van der Waals surface area contributed by atoms with Crippen LogP contribution in [0.3, 0.4) is 0 Å². The van der Waals surface area contributed by atoms with E-state index in [1.54, 1.807) is 6.20 Å². The highest BCUT2D eigenvalue weighted by Gasteiger charge is 2.23. The first kappa shape index (κ1) is 21.5. The number of likely N-dealkylation sites (tertiary alicyclic amines) is 1. The number of benzene rings is 1. The molecular formula is C23H33N3O3. The Balaban J connectivity index is 1.53. The molecule has 0 spiro atoms. The average Bonchev–Trinajstić information content (AvgIpc) is 3.08. The van der Waals surface area contributed by atoms with Gasteiger partial charge in [0.15, 0.2) is 0 Å². The molecule has 0 aliphatic carbocycles. The number of nitrogens with zero attached hydrogens (tertiary/aromatic N) is 2. The fraction of sp³-hybridized carbons (Fsp3) is 0.565. The van der Waals surface area contributed by atoms with Crippen LogP contribution >= 0.6 is 0 Å². The van der Waals surface area contributed by atoms with Crippen LogP contribution in [-0.4, -0.2) is 58.5 Å². The van der Waals surface area contributed by atoms with E-state index >= 15 is 0 Å². The van der Waals surface area contributed by atoms with Crippen LogP contribution in [0.4, 0.5) is 0 Å². The van der Waals surface area contributed by atoms with Gasteiger partial charge in [-0.2, -0.15) is 0 Å². The Morgan fingerprint density at radius 1 is 1.17 bits per heavy atom. The molecule has 1 fully saturated rings. The third-order valence-electron chi connectivity index (χ3n) is 5.84. The van der Waals surface area contributed by atoms with Gasteiger partial charge in [-0.15, -0.1) is 0 Å². The van der Waals surface area contributed by atoms with Crippen molar-refractivity contribution >= 4 is 22.6 Å². The third kappa shape index (κ3) is 5.25. The summed E-state index contributed by atoms with van der Waals surface area (Å²) in [5.74, 6) is -0.433. The number of aromatic nitrogens is 1. The van der Waals surface area contributed by atoms with Gasteiger partial charge in [0.1, 0.15) is 0 Å². The third-order valence-corrected chi connectivity index (χ3v) is 5.84. The van der Waals surface area contributed by atoms with Gasteiger partial charge in [-0.05, 0) is 65.1 Å². The Morgan fingerprint density at radius 3 is 2.52 bits per heavy atom. The number of aliphatic hydroxyl groups is 1. The molecule has 1 amide bonds. The molecule has 1 saturated heterocycles. The monoisotopic (exact) mass is 399 g/mol. The van der Waals surface area contributed by atoms with E-state index in [0.717, 1.165) is 49.8 Å². The summed E-state index contributed by atoms with van der Waals surface area (Å²) < 4.78 is 2.03. The van der Waals surface area contributed by atoms with Crippen LogP contribution in [-0.2, 0) is 4.79 Å². The number of carbonyl (C=O) groups is 2. The number of rotatable bonds is 8. The van der Waals surface area contributed by atoms with E-state index in [1.165, 1.54) is 0 Å². The minimum absolute atomic E-state index is 0.209. The number of hydrogen-bond acceptors (Lipinski definition) is 4. The molecule has 2 N–H and O–H groups in total. The topological polar surface area (TPSA) is 74.6 Å². The molecule has 6 heteroatoms. The predicted molar refractivity (Wildman–Crippen MR) is 115 cm³/mol. The zero-order chi connectivity index (χ0) is 21.0. The second-order valence-corrected chi connectivity index (χ2v) is 8.52. The molecule has 0 bridgehead atoms. The van der Waals surface area contributed by atoms with Crippen LogP contribution in [0.25, 0.3) is 10.9 Å². The number of aliphatic hydroxyl groups excluding tert-OH is 1. The Kier molecular flexibility index (Phi) is 7.09. The second-order valence-electron chi connectivity index (χ2n) is 8.52. The lowest BCUT2D eigenvalue weighted by Crippen LogP contribution is -2.41. The van der Waals surface area contributed by atoms with Gasteiger partial charge in [-0.25, -0.2) is 0 Å². The lowest BCUT2D eigenvalue weighted by Gasteiger charge is -2.32. The number of fused-ring (bicyclic) bond motifs is 1. The van der Waals surface area contributed by atoms with Gasteiger partial charge in [0.25, 0.3) is 11.7 Å². The predicted octanol–water partition coefficient (Wildman–Crippen LogP) is 3.00. The van der Waals surface area contributed by atoms with Crippen molar-refractivity contribution < 1.29 is 14.7 Å². The standard InChI is InChI=1S/C23H33N3O3/c1-16(2)26-15-20(19-6-4-5-7-21(19)26)22(28)23(29)24-10-13-25-11-8-18(9-12-25)14-17(3)27/h4-7,15-18,27H,8-14H2,1-3H3,(H,24,29). The van der Waals surface area contributed by atoms with E-state index in [1.807, 2.05) is 35.8 Å². The molecule has 158 valence electrons. The number of piperidine rings is 1. The number of carbonyl (C=O) groups excluding carboxylic acids is 2. The van der Waals surface area contributed by atoms with Crippen molar-refractivity contribution in [2.75, 3.05) is 26.2 Å². The van der Waals surface area contributed by atoms with Crippen molar-refractivity contribution in [1.29, 1.82) is 0 Å². The van der Waals surface area contributed by atoms with Crippen molar-refractivity contribution in [2.45, 2.75) is 52.2 Å². The molecule has 3 rings (SSSR count). The molecule has 1 aliphatic heterocycles. The van der Waals surface area contributed by atoms with E-state index in [9.17, 15) is 14.7 Å². The zero-order valence-corrected chi connectivity index (χ0v) is 17.7. The van der Waals surface area contributed by atoms with Crippen LogP contribution in [0, 0.1) is 5.92 Å². The van der Waals surface area contributed by atoms with E-state index in [2.05, 4.69) is 24.1 Å². The normalized spacial score (nSPS) is 17.0. The molecule has 0 radical (unpaired) electrons. The minimum Gasteiger partial charge on any atom is -0.393 e. The summed E-state index contributed by atoms with van der Waals surface area (Å²) in [4.78, 5) is 27.5. The Labute approximate surface area is 172 Å². The van der Waals surface area contributed by atoms with E-state index in [4.69, 9.17) is 0 Å². The first-order valence-corrected chi connectivity index (χ1v) is 10.7. The fourth-order valence-electron chi connectivity index (χ4n) is 4.27. The lowest BCUT2D eigenvalue weighted by atomic mass is 9.91. The molecule has 2 heterocycles. The number of Topliss-reactive ketones (excluding diaryl/α,β-unsaturated/α-hetero) is 1. The van der Waals surface area contributed by atoms with Crippen molar-refractivity contribution in [3.8, 4) is 0 Å². The molecule has 6 nitrogen and oxygen atoms in total. The average molecular weight is 400 g/mol. The van der Waals surface area contributed by atoms with Gasteiger partial charge in [-0.1, -0.05) is 18.2 Å². The Hall–Kier alpha value is -2.18. The largest absolute Gasteiger partial charge is 0.393 e. The van der Waals surface area contributed by atoms with Crippen LogP contribution in [0.1, 0.15) is 56.4 Å². The van der Waals surface area contributed by atoms with Gasteiger partial charge in [0.05, 0.1) is 11.7 Å². The molecule has 1 aliphatic rings. The number of amides is 1. The van der Waals surface area contributed by atoms with E-state index < -0.39 is 11.7 Å². The highest BCUT2D eigenvalue weighted by molar-refractivity contribution is 6.45. The first-order chi connectivity index (χ1) is 13.9. The van der Waals surface area contributed by atoms with Crippen LogP contribution in [0.5, 0.6) is 0 Å². The van der Waals surface area contributed by atoms with Crippen molar-refractivity contribution in [2.24, 2.45) is 5.92 Å². The number of hydrogen-bond donors (Lipinski definition) is 2. The van der Waals surface area contributed by atoms with Crippen LogP contribution in [0.15, 0.2) is 30.5 Å². The number of nitrogens with one attached hydrogen (secondary N) is 1. The van der Waals surface area contributed by atoms with E-state index in [0.29, 0.717) is 18.0 Å². The summed E-state index contributed by atoms with van der Waals surface area (Å²) in [5.41, 5.74) is 1.43. The summed E-state index contributed by atoms with van der Waals surface area (Å²) in [5, 5.41) is 13.1. The zero-order valence-electron chi connectivity index (χ0n) is 17.7. The molecule has 0 saturated carbocycles. The van der Waals surface area contributed by atoms with E-state index in [-0.39, 0.29) is 12.1 Å². The Bertz CT molecular complexity index is 848. The van der Waals surface area contributed by atoms with Crippen LogP contribution in [0.2, 0.25) is 0 Å². The number of ketones is 1. The maximum atomic E-state index is 12.8. The van der Waals surface area contributed by atoms with Gasteiger partial charge >= 0.3 is 0 Å². The van der Waals surface area contributed by atoms with Crippen molar-refractivity contribution in [3.05, 3.63) is 36.0 Å². The minimum atomic E-state index is -0.541. The summed E-state index contributed by atoms with van der Waals surface area (Å²) in [6, 6.07) is 7.92. The quantitative estimate of drug-likeness (QED) is 0.529. The number of para-hydroxylation sites is 1. The highest BCUT2D eigenvalue weighted by atomic mass is 16.3.